The predicted octanol–water partition coefficient (Wildman–Crippen LogP) is 2.68. The third-order valence-corrected chi connectivity index (χ3v) is 9.10. The molecule has 5 N–H and O–H groups in total. The number of benzene rings is 2. The largest absolute Gasteiger partial charge is 0.368 e. The molecular weight excluding hydrogens is 701 g/mol. The maximum Gasteiger partial charge on any atom is 0.246 e. The number of rotatable bonds is 25. The molecule has 0 saturated carbocycles. The Kier molecular flexibility index (Phi) is 20.4. The van der Waals surface area contributed by atoms with Crippen LogP contribution >= 0.6 is 0 Å². The van der Waals surface area contributed by atoms with E-state index in [-0.39, 0.29) is 63.0 Å². The fourth-order valence-corrected chi connectivity index (χ4v) is 6.00. The third-order valence-electron chi connectivity index (χ3n) is 9.10. The van der Waals surface area contributed by atoms with Crippen LogP contribution in [0.15, 0.2) is 73.4 Å². The minimum atomic E-state index is -0.691. The van der Waals surface area contributed by atoms with Gasteiger partial charge in [-0.2, -0.15) is 0 Å². The van der Waals surface area contributed by atoms with Crippen molar-refractivity contribution in [1.29, 1.82) is 0 Å². The van der Waals surface area contributed by atoms with Crippen LogP contribution in [0.25, 0.3) is 0 Å². The highest BCUT2D eigenvalue weighted by molar-refractivity contribution is 5.92. The highest BCUT2D eigenvalue weighted by Gasteiger charge is 2.30. The minimum absolute atomic E-state index is 0.0313. The Bertz CT molecular complexity index is 1540. The second-order valence-corrected chi connectivity index (χ2v) is 14.1. The summed E-state index contributed by atoms with van der Waals surface area (Å²) in [6.45, 7) is 12.9. The van der Waals surface area contributed by atoms with Crippen LogP contribution in [0.3, 0.4) is 0 Å². The average molecular weight is 763 g/mol. The number of nitrogens with two attached hydrogens (primary N) is 2. The zero-order chi connectivity index (χ0) is 40.9. The normalized spacial score (nSPS) is 12.0. The van der Waals surface area contributed by atoms with Gasteiger partial charge in [-0.05, 0) is 56.7 Å². The number of hydrogen-bond acceptors (Lipinski definition) is 8. The van der Waals surface area contributed by atoms with Gasteiger partial charge in [-0.3, -0.25) is 28.8 Å². The number of carbonyl (C=O) groups excluding carboxylic acids is 6. The van der Waals surface area contributed by atoms with Crippen molar-refractivity contribution in [2.24, 2.45) is 17.4 Å². The Morgan fingerprint density at radius 1 is 0.691 bits per heavy atom. The van der Waals surface area contributed by atoms with E-state index in [1.807, 2.05) is 88.4 Å². The van der Waals surface area contributed by atoms with Gasteiger partial charge in [0.2, 0.25) is 35.4 Å². The fraction of sp³-hybridized carbons (Fsp3) is 0.512. The van der Waals surface area contributed by atoms with Crippen molar-refractivity contribution in [1.82, 2.24) is 29.8 Å². The Morgan fingerprint density at radius 2 is 1.25 bits per heavy atom. The van der Waals surface area contributed by atoms with Crippen LogP contribution in [0, 0.1) is 5.92 Å². The van der Waals surface area contributed by atoms with Gasteiger partial charge < -0.3 is 41.3 Å². The van der Waals surface area contributed by atoms with Crippen LogP contribution in [0.5, 0.6) is 0 Å². The third kappa shape index (κ3) is 16.0. The molecule has 0 aromatic heterocycles. The molecule has 0 aliphatic heterocycles. The molecule has 0 saturated heterocycles. The average Bonchev–Trinajstić information content (AvgIpc) is 3.16. The quantitative estimate of drug-likeness (QED) is 0.129. The summed E-state index contributed by atoms with van der Waals surface area (Å²) in [5.41, 5.74) is 12.8. The highest BCUT2D eigenvalue weighted by atomic mass is 16.2. The van der Waals surface area contributed by atoms with Gasteiger partial charge in [0.25, 0.3) is 0 Å². The predicted molar refractivity (Wildman–Crippen MR) is 214 cm³/mol. The number of unbranched alkanes of at least 4 members (excludes halogenated alkanes) is 1. The summed E-state index contributed by atoms with van der Waals surface area (Å²) >= 11 is 0. The number of hydrogen-bond donors (Lipinski definition) is 3. The fourth-order valence-electron chi connectivity index (χ4n) is 6.00. The van der Waals surface area contributed by atoms with Crippen LogP contribution < -0.4 is 16.8 Å². The Balaban J connectivity index is 2.28. The summed E-state index contributed by atoms with van der Waals surface area (Å²) in [4.78, 5) is 87.0. The minimum Gasteiger partial charge on any atom is -0.368 e. The molecular formula is C41H62N8O6. The molecule has 2 rings (SSSR count). The monoisotopic (exact) mass is 762 g/mol. The Hall–Kier alpha value is -5.08. The summed E-state index contributed by atoms with van der Waals surface area (Å²) in [5.74, 6) is -2.80. The van der Waals surface area contributed by atoms with E-state index in [1.165, 1.54) is 25.8 Å². The van der Waals surface area contributed by atoms with Crippen LogP contribution in [0.1, 0.15) is 77.1 Å². The lowest BCUT2D eigenvalue weighted by molar-refractivity contribution is -0.147. The van der Waals surface area contributed by atoms with E-state index >= 15 is 0 Å². The van der Waals surface area contributed by atoms with Crippen molar-refractivity contribution in [2.45, 2.75) is 66.0 Å². The summed E-state index contributed by atoms with van der Waals surface area (Å²) < 4.78 is 0. The standard InChI is InChI=1S/C41H62N8O6/c1-7-22-46(39(53)28-48(25-31(3)4)37(51)24-44-32(5)34-17-11-9-12-18-34)29-41(55)49(33(6)35-19-13-10-14-20-35)30-40(54)45(8-2)27-38(52)47(26-36(43)50)23-16-15-21-42/h8-14,17-20,31-33,44H,2,7,15-16,21-30,42H2,1,3-6H3,(H2,43,50). The van der Waals surface area contributed by atoms with Crippen LogP contribution in [-0.4, -0.2) is 125 Å². The van der Waals surface area contributed by atoms with E-state index in [4.69, 9.17) is 11.5 Å². The number of carbonyl (C=O) groups is 6. The molecule has 0 aliphatic rings. The first kappa shape index (κ1) is 46.1. The molecule has 2 aromatic rings. The Morgan fingerprint density at radius 3 is 1.80 bits per heavy atom. The van der Waals surface area contributed by atoms with Crippen molar-refractivity contribution in [3.05, 3.63) is 84.6 Å². The Labute approximate surface area is 326 Å². The van der Waals surface area contributed by atoms with Gasteiger partial charge in [0.15, 0.2) is 0 Å². The number of primary amides is 1. The molecule has 0 radical (unpaired) electrons. The molecule has 55 heavy (non-hydrogen) atoms. The van der Waals surface area contributed by atoms with Gasteiger partial charge in [0, 0.05) is 31.9 Å². The molecule has 0 heterocycles. The molecule has 2 aromatic carbocycles. The van der Waals surface area contributed by atoms with E-state index in [1.54, 1.807) is 6.92 Å². The summed E-state index contributed by atoms with van der Waals surface area (Å²) in [5, 5.41) is 3.26. The van der Waals surface area contributed by atoms with Gasteiger partial charge in [0.1, 0.15) is 13.1 Å². The van der Waals surface area contributed by atoms with Gasteiger partial charge in [0.05, 0.1) is 32.2 Å². The molecule has 14 heteroatoms. The highest BCUT2D eigenvalue weighted by Crippen LogP contribution is 2.21. The van der Waals surface area contributed by atoms with Crippen LogP contribution in [-0.2, 0) is 28.8 Å². The lowest BCUT2D eigenvalue weighted by atomic mass is 10.1. The van der Waals surface area contributed by atoms with E-state index in [0.29, 0.717) is 32.4 Å². The lowest BCUT2D eigenvalue weighted by Gasteiger charge is -2.34. The molecule has 0 spiro atoms. The van der Waals surface area contributed by atoms with E-state index in [0.717, 1.165) is 16.0 Å². The van der Waals surface area contributed by atoms with Gasteiger partial charge in [-0.15, -0.1) is 0 Å². The number of nitrogens with zero attached hydrogens (tertiary/aromatic N) is 5. The van der Waals surface area contributed by atoms with Crippen molar-refractivity contribution in [3.8, 4) is 0 Å². The van der Waals surface area contributed by atoms with Crippen LogP contribution in [0.2, 0.25) is 0 Å². The van der Waals surface area contributed by atoms with E-state index in [9.17, 15) is 28.8 Å². The number of amides is 6. The smallest absolute Gasteiger partial charge is 0.246 e. The molecule has 0 fully saturated rings. The molecule has 2 atom stereocenters. The lowest BCUT2D eigenvalue weighted by Crippen LogP contribution is -2.51. The topological polar surface area (TPSA) is 183 Å². The zero-order valence-electron chi connectivity index (χ0n) is 33.3. The molecule has 0 aliphatic carbocycles. The zero-order valence-corrected chi connectivity index (χ0v) is 33.3. The van der Waals surface area contributed by atoms with Gasteiger partial charge in [-0.25, -0.2) is 0 Å². The molecule has 2 unspecified atom stereocenters. The first-order valence-electron chi connectivity index (χ1n) is 19.1. The van der Waals surface area contributed by atoms with E-state index < -0.39 is 42.8 Å². The van der Waals surface area contributed by atoms with Crippen LogP contribution in [0.4, 0.5) is 0 Å². The molecule has 6 amide bonds. The summed E-state index contributed by atoms with van der Waals surface area (Å²) in [6.07, 6.45) is 2.95. The van der Waals surface area contributed by atoms with Crippen molar-refractivity contribution in [2.75, 3.05) is 65.4 Å². The van der Waals surface area contributed by atoms with Crippen molar-refractivity contribution >= 4 is 35.4 Å². The summed E-state index contributed by atoms with van der Waals surface area (Å²) in [6, 6.07) is 18.3. The summed E-state index contributed by atoms with van der Waals surface area (Å²) in [7, 11) is 0. The first-order chi connectivity index (χ1) is 26.2. The van der Waals surface area contributed by atoms with Gasteiger partial charge >= 0.3 is 0 Å². The van der Waals surface area contributed by atoms with Gasteiger partial charge in [-0.1, -0.05) is 88.0 Å². The maximum atomic E-state index is 14.2. The molecule has 0 bridgehead atoms. The van der Waals surface area contributed by atoms with Crippen molar-refractivity contribution in [3.63, 3.8) is 0 Å². The SMILES string of the molecule is C=CN(CC(=O)N(CCCCN)CC(N)=O)C(=O)CN(C(=O)CN(CCC)C(=O)CN(CC(C)C)C(=O)CNC(C)c1ccccc1)C(C)c1ccccc1. The second-order valence-electron chi connectivity index (χ2n) is 14.1. The first-order valence-corrected chi connectivity index (χ1v) is 19.1. The van der Waals surface area contributed by atoms with Crippen molar-refractivity contribution < 1.29 is 28.8 Å². The van der Waals surface area contributed by atoms with E-state index in [2.05, 4.69) is 11.9 Å². The molecule has 302 valence electrons. The second kappa shape index (κ2) is 24.4. The molecule has 14 nitrogen and oxygen atoms in total. The number of nitrogens with one attached hydrogen (secondary N) is 1. The maximum absolute atomic E-state index is 14.2.